The van der Waals surface area contributed by atoms with E-state index in [0.29, 0.717) is 0 Å². The van der Waals surface area contributed by atoms with Crippen molar-refractivity contribution in [3.8, 4) is 0 Å². The topological polar surface area (TPSA) is 0 Å². The van der Waals surface area contributed by atoms with E-state index in [2.05, 4.69) is 36.4 Å². The van der Waals surface area contributed by atoms with Gasteiger partial charge < -0.3 is 0 Å². The van der Waals surface area contributed by atoms with E-state index in [4.69, 9.17) is 0 Å². The molecule has 0 nitrogen and oxygen atoms in total. The molecule has 0 aromatic carbocycles. The Labute approximate surface area is 69.3 Å². The zero-order chi connectivity index (χ0) is 6.69. The zero-order valence-corrected chi connectivity index (χ0v) is 8.24. The van der Waals surface area contributed by atoms with E-state index in [0.717, 1.165) is 9.16 Å². The highest BCUT2D eigenvalue weighted by Crippen LogP contribution is 2.51. The highest BCUT2D eigenvalue weighted by atomic mass is 33.1. The molecule has 0 spiro atoms. The summed E-state index contributed by atoms with van der Waals surface area (Å²) in [5.74, 6) is 0. The van der Waals surface area contributed by atoms with Crippen LogP contribution in [0.4, 0.5) is 0 Å². The quantitative estimate of drug-likeness (QED) is 0.596. The minimum atomic E-state index is 0.826. The molecule has 0 aromatic heterocycles. The summed E-state index contributed by atoms with van der Waals surface area (Å²) in [6, 6.07) is 0. The summed E-state index contributed by atoms with van der Waals surface area (Å²) in [6.07, 6.45) is 2.71. The van der Waals surface area contributed by atoms with Gasteiger partial charge in [-0.25, -0.2) is 0 Å². The van der Waals surface area contributed by atoms with Crippen LogP contribution in [0.5, 0.6) is 0 Å². The maximum absolute atomic E-state index is 2.29. The summed E-state index contributed by atoms with van der Waals surface area (Å²) < 4.78 is 1.71. The highest BCUT2D eigenvalue weighted by Gasteiger charge is 2.22. The van der Waals surface area contributed by atoms with E-state index in [9.17, 15) is 0 Å². The standard InChI is InChI=1S/C6H12S3/c1-3-4-6-7-5(2)8-9-6/h5-6H,3-4H2,1-2H3. The van der Waals surface area contributed by atoms with Crippen LogP contribution in [-0.4, -0.2) is 9.16 Å². The van der Waals surface area contributed by atoms with Crippen LogP contribution in [0, 0.1) is 0 Å². The first-order chi connectivity index (χ1) is 4.33. The van der Waals surface area contributed by atoms with Gasteiger partial charge in [-0.2, -0.15) is 0 Å². The van der Waals surface area contributed by atoms with Gasteiger partial charge in [-0.3, -0.25) is 0 Å². The molecule has 1 rings (SSSR count). The molecule has 1 saturated heterocycles. The van der Waals surface area contributed by atoms with Crippen molar-refractivity contribution in [3.05, 3.63) is 0 Å². The Morgan fingerprint density at radius 3 is 2.56 bits per heavy atom. The van der Waals surface area contributed by atoms with Crippen molar-refractivity contribution in [1.82, 2.24) is 0 Å². The molecule has 9 heavy (non-hydrogen) atoms. The van der Waals surface area contributed by atoms with Crippen molar-refractivity contribution in [2.45, 2.75) is 35.9 Å². The third-order valence-electron chi connectivity index (χ3n) is 1.17. The van der Waals surface area contributed by atoms with Gasteiger partial charge in [0.1, 0.15) is 0 Å². The van der Waals surface area contributed by atoms with Crippen LogP contribution in [0.2, 0.25) is 0 Å². The molecule has 0 aliphatic carbocycles. The highest BCUT2D eigenvalue weighted by molar-refractivity contribution is 8.82. The minimum absolute atomic E-state index is 0.826. The molecule has 0 bridgehead atoms. The van der Waals surface area contributed by atoms with Crippen LogP contribution < -0.4 is 0 Å². The van der Waals surface area contributed by atoms with Crippen LogP contribution >= 0.6 is 33.3 Å². The summed E-state index contributed by atoms with van der Waals surface area (Å²) in [7, 11) is 4.08. The number of hydrogen-bond acceptors (Lipinski definition) is 3. The smallest absolute Gasteiger partial charge is 0.0617 e. The molecule has 1 heterocycles. The van der Waals surface area contributed by atoms with Crippen LogP contribution in [0.1, 0.15) is 26.7 Å². The Balaban J connectivity index is 2.14. The van der Waals surface area contributed by atoms with Gasteiger partial charge in [-0.05, 0) is 13.3 Å². The van der Waals surface area contributed by atoms with E-state index in [1.165, 1.54) is 12.8 Å². The predicted octanol–water partition coefficient (Wildman–Crippen LogP) is 3.59. The van der Waals surface area contributed by atoms with Crippen LogP contribution in [0.25, 0.3) is 0 Å². The van der Waals surface area contributed by atoms with Gasteiger partial charge in [0.15, 0.2) is 0 Å². The fourth-order valence-corrected chi connectivity index (χ4v) is 6.40. The Morgan fingerprint density at radius 1 is 1.33 bits per heavy atom. The Hall–Kier alpha value is 1.05. The second-order valence-corrected chi connectivity index (χ2v) is 7.08. The molecule has 0 N–H and O–H groups in total. The van der Waals surface area contributed by atoms with Crippen LogP contribution in [-0.2, 0) is 0 Å². The number of thioether (sulfide) groups is 1. The predicted molar refractivity (Wildman–Crippen MR) is 50.9 cm³/mol. The molecule has 2 atom stereocenters. The molecule has 2 unspecified atom stereocenters. The lowest BCUT2D eigenvalue weighted by Crippen LogP contribution is -1.90. The van der Waals surface area contributed by atoms with Gasteiger partial charge >= 0.3 is 0 Å². The third kappa shape index (κ3) is 2.64. The van der Waals surface area contributed by atoms with Gasteiger partial charge in [0.05, 0.1) is 9.16 Å². The average Bonchev–Trinajstić information content (AvgIpc) is 2.17. The lowest BCUT2D eigenvalue weighted by Gasteiger charge is -2.02. The second-order valence-electron chi connectivity index (χ2n) is 2.11. The molecule has 3 heteroatoms. The monoisotopic (exact) mass is 180 g/mol. The van der Waals surface area contributed by atoms with Crippen molar-refractivity contribution in [1.29, 1.82) is 0 Å². The molecular formula is C6H12S3. The molecule has 1 aliphatic heterocycles. The summed E-state index contributed by atoms with van der Waals surface area (Å²) >= 11 is 2.12. The van der Waals surface area contributed by atoms with E-state index >= 15 is 0 Å². The van der Waals surface area contributed by atoms with Crippen molar-refractivity contribution < 1.29 is 0 Å². The second kappa shape index (κ2) is 4.04. The normalized spacial score (nSPS) is 35.3. The van der Waals surface area contributed by atoms with E-state index in [1.807, 2.05) is 10.8 Å². The van der Waals surface area contributed by atoms with E-state index in [-0.39, 0.29) is 0 Å². The van der Waals surface area contributed by atoms with Gasteiger partial charge in [-0.1, -0.05) is 34.9 Å². The Bertz CT molecular complexity index is 82.4. The largest absolute Gasteiger partial charge is 0.132 e. The summed E-state index contributed by atoms with van der Waals surface area (Å²) in [5, 5.41) is 0. The number of hydrogen-bond donors (Lipinski definition) is 0. The minimum Gasteiger partial charge on any atom is -0.132 e. The molecule has 0 amide bonds. The van der Waals surface area contributed by atoms with Gasteiger partial charge in [0.25, 0.3) is 0 Å². The van der Waals surface area contributed by atoms with Crippen LogP contribution in [0.3, 0.4) is 0 Å². The molecule has 1 fully saturated rings. The van der Waals surface area contributed by atoms with E-state index in [1.54, 1.807) is 0 Å². The third-order valence-corrected chi connectivity index (χ3v) is 6.79. The lowest BCUT2D eigenvalue weighted by molar-refractivity contribution is 0.873. The summed E-state index contributed by atoms with van der Waals surface area (Å²) in [5.41, 5.74) is 0. The molecular weight excluding hydrogens is 168 g/mol. The van der Waals surface area contributed by atoms with E-state index < -0.39 is 0 Å². The number of rotatable bonds is 2. The lowest BCUT2D eigenvalue weighted by atomic mass is 10.4. The summed E-state index contributed by atoms with van der Waals surface area (Å²) in [6.45, 7) is 4.55. The maximum Gasteiger partial charge on any atom is 0.0617 e. The molecule has 0 aromatic rings. The molecule has 1 aliphatic rings. The Morgan fingerprint density at radius 2 is 2.11 bits per heavy atom. The van der Waals surface area contributed by atoms with Crippen molar-refractivity contribution >= 4 is 33.3 Å². The summed E-state index contributed by atoms with van der Waals surface area (Å²) in [4.78, 5) is 0. The first kappa shape index (κ1) is 8.15. The molecule has 54 valence electrons. The van der Waals surface area contributed by atoms with Gasteiger partial charge in [-0.15, -0.1) is 11.8 Å². The maximum atomic E-state index is 2.29. The molecule has 0 radical (unpaired) electrons. The van der Waals surface area contributed by atoms with Crippen molar-refractivity contribution in [2.24, 2.45) is 0 Å². The Kier molecular flexibility index (Phi) is 3.66. The SMILES string of the molecule is CCCC1SSC(C)S1. The fraction of sp³-hybridized carbons (Fsp3) is 1.00. The van der Waals surface area contributed by atoms with Gasteiger partial charge in [0.2, 0.25) is 0 Å². The molecule has 0 saturated carbocycles. The average molecular weight is 180 g/mol. The zero-order valence-electron chi connectivity index (χ0n) is 5.79. The first-order valence-electron chi connectivity index (χ1n) is 3.30. The first-order valence-corrected chi connectivity index (χ1v) is 6.52. The van der Waals surface area contributed by atoms with Crippen LogP contribution in [0.15, 0.2) is 0 Å². The van der Waals surface area contributed by atoms with Crippen molar-refractivity contribution in [2.75, 3.05) is 0 Å². The van der Waals surface area contributed by atoms with Crippen molar-refractivity contribution in [3.63, 3.8) is 0 Å². The fourth-order valence-electron chi connectivity index (χ4n) is 0.751. The van der Waals surface area contributed by atoms with Gasteiger partial charge in [0, 0.05) is 0 Å².